The number of anilines is 2. The van der Waals surface area contributed by atoms with Crippen LogP contribution in [0.5, 0.6) is 0 Å². The van der Waals surface area contributed by atoms with Crippen LogP contribution in [0.4, 0.5) is 15.8 Å². The lowest BCUT2D eigenvalue weighted by atomic mass is 10.2. The van der Waals surface area contributed by atoms with Crippen molar-refractivity contribution in [1.29, 1.82) is 0 Å². The minimum absolute atomic E-state index is 0.117. The molecular weight excluding hydrogens is 363 g/mol. The van der Waals surface area contributed by atoms with Crippen molar-refractivity contribution in [2.45, 2.75) is 19.1 Å². The van der Waals surface area contributed by atoms with E-state index in [0.29, 0.717) is 16.4 Å². The molecule has 0 aliphatic rings. The summed E-state index contributed by atoms with van der Waals surface area (Å²) < 4.78 is 12.8. The van der Waals surface area contributed by atoms with Crippen molar-refractivity contribution in [2.75, 3.05) is 16.4 Å². The Morgan fingerprint density at radius 1 is 1.16 bits per heavy atom. The Labute approximate surface area is 155 Å². The quantitative estimate of drug-likeness (QED) is 0.776. The van der Waals surface area contributed by atoms with Crippen molar-refractivity contribution < 1.29 is 14.0 Å². The average Bonchev–Trinajstić information content (AvgIpc) is 2.57. The fourth-order valence-electron chi connectivity index (χ4n) is 2.01. The zero-order valence-electron chi connectivity index (χ0n) is 13.8. The summed E-state index contributed by atoms with van der Waals surface area (Å²) in [5.74, 6) is -0.690. The molecule has 0 saturated heterocycles. The van der Waals surface area contributed by atoms with E-state index in [0.717, 1.165) is 5.56 Å². The Bertz CT molecular complexity index is 768. The highest BCUT2D eigenvalue weighted by Crippen LogP contribution is 2.21. The van der Waals surface area contributed by atoms with E-state index in [9.17, 15) is 14.0 Å². The third-order valence-corrected chi connectivity index (χ3v) is 4.79. The number of aryl methyl sites for hydroxylation is 1. The molecule has 0 spiro atoms. The summed E-state index contributed by atoms with van der Waals surface area (Å²) in [5, 5.41) is 5.68. The van der Waals surface area contributed by atoms with Gasteiger partial charge in [-0.05, 0) is 61.9 Å². The van der Waals surface area contributed by atoms with Crippen LogP contribution in [0.25, 0.3) is 0 Å². The lowest BCUT2D eigenvalue weighted by Gasteiger charge is -2.13. The second-order valence-electron chi connectivity index (χ2n) is 5.46. The van der Waals surface area contributed by atoms with Crippen LogP contribution in [0, 0.1) is 12.7 Å². The first-order valence-electron chi connectivity index (χ1n) is 7.59. The number of benzene rings is 2. The molecule has 1 atom stereocenters. The van der Waals surface area contributed by atoms with Crippen molar-refractivity contribution in [3.8, 4) is 0 Å². The first-order chi connectivity index (χ1) is 11.8. The van der Waals surface area contributed by atoms with Gasteiger partial charge in [0.25, 0.3) is 0 Å². The van der Waals surface area contributed by atoms with Crippen molar-refractivity contribution in [2.24, 2.45) is 0 Å². The summed E-state index contributed by atoms with van der Waals surface area (Å²) in [6.45, 7) is 3.59. The van der Waals surface area contributed by atoms with Crippen LogP contribution in [-0.4, -0.2) is 22.8 Å². The van der Waals surface area contributed by atoms with Gasteiger partial charge >= 0.3 is 0 Å². The highest BCUT2D eigenvalue weighted by Gasteiger charge is 2.16. The number of carbonyl (C=O) groups excluding carboxylic acids is 2. The third-order valence-electron chi connectivity index (χ3n) is 3.41. The number of halogens is 2. The summed E-state index contributed by atoms with van der Waals surface area (Å²) in [6, 6.07) is 10.7. The van der Waals surface area contributed by atoms with Gasteiger partial charge in [0, 0.05) is 16.4 Å². The summed E-state index contributed by atoms with van der Waals surface area (Å²) in [4.78, 5) is 24.1. The van der Waals surface area contributed by atoms with Crippen LogP contribution in [0.2, 0.25) is 5.02 Å². The molecule has 0 unspecified atom stereocenters. The van der Waals surface area contributed by atoms with Gasteiger partial charge in [-0.25, -0.2) is 4.39 Å². The molecule has 0 saturated carbocycles. The van der Waals surface area contributed by atoms with Crippen LogP contribution in [-0.2, 0) is 9.59 Å². The first-order valence-corrected chi connectivity index (χ1v) is 9.02. The number of hydrogen-bond donors (Lipinski definition) is 2. The van der Waals surface area contributed by atoms with E-state index in [-0.39, 0.29) is 23.4 Å². The van der Waals surface area contributed by atoms with Crippen LogP contribution in [0.15, 0.2) is 42.5 Å². The molecule has 132 valence electrons. The summed E-state index contributed by atoms with van der Waals surface area (Å²) in [7, 11) is 0. The second-order valence-corrected chi connectivity index (χ2v) is 7.22. The largest absolute Gasteiger partial charge is 0.325 e. The minimum Gasteiger partial charge on any atom is -0.325 e. The number of amides is 2. The van der Waals surface area contributed by atoms with Crippen molar-refractivity contribution >= 4 is 46.6 Å². The Balaban J connectivity index is 1.82. The molecule has 2 amide bonds. The number of rotatable bonds is 6. The highest BCUT2D eigenvalue weighted by molar-refractivity contribution is 8.01. The van der Waals surface area contributed by atoms with Crippen LogP contribution < -0.4 is 10.6 Å². The molecular formula is C18H18ClFN2O2S. The molecule has 0 aliphatic carbocycles. The Morgan fingerprint density at radius 3 is 2.48 bits per heavy atom. The van der Waals surface area contributed by atoms with Crippen molar-refractivity contribution in [1.82, 2.24) is 0 Å². The molecule has 25 heavy (non-hydrogen) atoms. The fraction of sp³-hybridized carbons (Fsp3) is 0.222. The van der Waals surface area contributed by atoms with E-state index in [1.807, 2.05) is 6.92 Å². The van der Waals surface area contributed by atoms with Crippen molar-refractivity contribution in [3.63, 3.8) is 0 Å². The average molecular weight is 381 g/mol. The Hall–Kier alpha value is -2.05. The predicted octanol–water partition coefficient (Wildman–Crippen LogP) is 4.49. The molecule has 0 heterocycles. The van der Waals surface area contributed by atoms with Gasteiger partial charge in [0.2, 0.25) is 11.8 Å². The lowest BCUT2D eigenvalue weighted by molar-refractivity contribution is -0.115. The van der Waals surface area contributed by atoms with Gasteiger partial charge in [-0.2, -0.15) is 0 Å². The van der Waals surface area contributed by atoms with Crippen molar-refractivity contribution in [3.05, 3.63) is 58.9 Å². The predicted molar refractivity (Wildman–Crippen MR) is 102 cm³/mol. The maximum absolute atomic E-state index is 12.8. The molecule has 4 nitrogen and oxygen atoms in total. The fourth-order valence-corrected chi connectivity index (χ4v) is 2.92. The molecule has 0 bridgehead atoms. The Kier molecular flexibility index (Phi) is 6.84. The van der Waals surface area contributed by atoms with Gasteiger partial charge in [0.15, 0.2) is 0 Å². The van der Waals surface area contributed by atoms with E-state index in [2.05, 4.69) is 10.6 Å². The molecule has 0 fully saturated rings. The SMILES string of the molecule is Cc1cc(Cl)ccc1NC(=O)[C@@H](C)SCC(=O)Nc1ccc(F)cc1. The second kappa shape index (κ2) is 8.87. The normalized spacial score (nSPS) is 11.7. The molecule has 0 aliphatic heterocycles. The smallest absolute Gasteiger partial charge is 0.237 e. The monoisotopic (exact) mass is 380 g/mol. The van der Waals surface area contributed by atoms with Crippen LogP contribution >= 0.6 is 23.4 Å². The molecule has 0 radical (unpaired) electrons. The van der Waals surface area contributed by atoms with Gasteiger partial charge < -0.3 is 10.6 Å². The van der Waals surface area contributed by atoms with Gasteiger partial charge in [-0.3, -0.25) is 9.59 Å². The molecule has 2 aromatic carbocycles. The molecule has 7 heteroatoms. The molecule has 2 rings (SSSR count). The maximum Gasteiger partial charge on any atom is 0.237 e. The lowest BCUT2D eigenvalue weighted by Crippen LogP contribution is -2.25. The van der Waals surface area contributed by atoms with Gasteiger partial charge in [-0.1, -0.05) is 11.6 Å². The topological polar surface area (TPSA) is 58.2 Å². The molecule has 2 N–H and O–H groups in total. The summed E-state index contributed by atoms with van der Waals surface area (Å²) in [5.41, 5.74) is 2.07. The van der Waals surface area contributed by atoms with E-state index < -0.39 is 5.25 Å². The maximum atomic E-state index is 12.8. The van der Waals surface area contributed by atoms with E-state index in [1.165, 1.54) is 36.0 Å². The van der Waals surface area contributed by atoms with E-state index >= 15 is 0 Å². The van der Waals surface area contributed by atoms with Crippen LogP contribution in [0.3, 0.4) is 0 Å². The van der Waals surface area contributed by atoms with Gasteiger partial charge in [0.05, 0.1) is 11.0 Å². The van der Waals surface area contributed by atoms with E-state index in [1.54, 1.807) is 25.1 Å². The minimum atomic E-state index is -0.408. The summed E-state index contributed by atoms with van der Waals surface area (Å²) >= 11 is 7.11. The molecule has 2 aromatic rings. The third kappa shape index (κ3) is 6.07. The highest BCUT2D eigenvalue weighted by atomic mass is 35.5. The zero-order chi connectivity index (χ0) is 18.4. The summed E-state index contributed by atoms with van der Waals surface area (Å²) in [6.07, 6.45) is 0. The zero-order valence-corrected chi connectivity index (χ0v) is 15.4. The number of hydrogen-bond acceptors (Lipinski definition) is 3. The number of nitrogens with one attached hydrogen (secondary N) is 2. The first kappa shape index (κ1) is 19.3. The number of carbonyl (C=O) groups is 2. The van der Waals surface area contributed by atoms with Gasteiger partial charge in [0.1, 0.15) is 5.82 Å². The number of thioether (sulfide) groups is 1. The molecule has 0 aromatic heterocycles. The van der Waals surface area contributed by atoms with E-state index in [4.69, 9.17) is 11.6 Å². The van der Waals surface area contributed by atoms with Gasteiger partial charge in [-0.15, -0.1) is 11.8 Å². The Morgan fingerprint density at radius 2 is 1.84 bits per heavy atom. The standard InChI is InChI=1S/C18H18ClFN2O2S/c1-11-9-13(19)3-8-16(11)22-18(24)12(2)25-10-17(23)21-15-6-4-14(20)5-7-15/h3-9,12H,10H2,1-2H3,(H,21,23)(H,22,24)/t12-/m1/s1. The van der Waals surface area contributed by atoms with Crippen LogP contribution in [0.1, 0.15) is 12.5 Å².